The summed E-state index contributed by atoms with van der Waals surface area (Å²) in [5.74, 6) is -1.08. The molecular weight excluding hydrogens is 304 g/mol. The minimum atomic E-state index is -1.19. The molecule has 0 aliphatic heterocycles. The van der Waals surface area contributed by atoms with Crippen molar-refractivity contribution in [1.29, 1.82) is 0 Å². The number of para-hydroxylation sites is 1. The van der Waals surface area contributed by atoms with Crippen LogP contribution in [0.3, 0.4) is 0 Å². The molecule has 2 aromatic heterocycles. The van der Waals surface area contributed by atoms with Crippen LogP contribution in [0.2, 0.25) is 0 Å². The van der Waals surface area contributed by atoms with Crippen LogP contribution in [-0.4, -0.2) is 30.9 Å². The monoisotopic (exact) mass is 315 g/mol. The van der Waals surface area contributed by atoms with E-state index in [0.717, 1.165) is 11.8 Å². The van der Waals surface area contributed by atoms with Crippen LogP contribution < -0.4 is 10.7 Å². The highest BCUT2D eigenvalue weighted by atomic mass is 32.2. The van der Waals surface area contributed by atoms with Crippen molar-refractivity contribution < 1.29 is 9.90 Å². The summed E-state index contributed by atoms with van der Waals surface area (Å²) >= 11 is 0.998. The summed E-state index contributed by atoms with van der Waals surface area (Å²) < 4.78 is 3.12. The number of hydrogen-bond acceptors (Lipinski definition) is 6. The number of aliphatic carboxylic acids is 1. The van der Waals surface area contributed by atoms with Gasteiger partial charge in [0.2, 0.25) is 5.78 Å². The number of nitrogens with zero attached hydrogens (tertiary/aromatic N) is 4. The Bertz CT molecular complexity index is 944. The van der Waals surface area contributed by atoms with E-state index < -0.39 is 5.97 Å². The molecule has 2 heterocycles. The second kappa shape index (κ2) is 5.64. The Labute approximate surface area is 128 Å². The van der Waals surface area contributed by atoms with E-state index in [1.165, 1.54) is 4.57 Å². The molecule has 3 aromatic rings. The number of carboxylic acid groups (broad SMARTS) is 1. The van der Waals surface area contributed by atoms with Gasteiger partial charge in [-0.15, -0.1) is 16.8 Å². The van der Waals surface area contributed by atoms with Crippen LogP contribution in [0, 0.1) is 0 Å². The summed E-state index contributed by atoms with van der Waals surface area (Å²) in [7, 11) is 0. The van der Waals surface area contributed by atoms with Crippen LogP contribution >= 0.6 is 11.8 Å². The lowest BCUT2D eigenvalue weighted by molar-refractivity contribution is -0.301. The van der Waals surface area contributed by atoms with Crippen LogP contribution in [0.15, 0.2) is 46.9 Å². The van der Waals surface area contributed by atoms with Crippen molar-refractivity contribution in [2.45, 2.75) is 11.7 Å². The molecule has 0 spiro atoms. The van der Waals surface area contributed by atoms with Crippen molar-refractivity contribution in [2.75, 3.05) is 5.75 Å². The molecule has 0 atom stereocenters. The van der Waals surface area contributed by atoms with E-state index in [-0.39, 0.29) is 17.9 Å². The summed E-state index contributed by atoms with van der Waals surface area (Å²) in [6.45, 7) is 3.93. The molecule has 0 fully saturated rings. The number of rotatable bonds is 5. The molecule has 8 heteroatoms. The average Bonchev–Trinajstić information content (AvgIpc) is 2.93. The molecule has 0 unspecified atom stereocenters. The smallest absolute Gasteiger partial charge is 0.263 e. The molecule has 0 amide bonds. The van der Waals surface area contributed by atoms with Crippen molar-refractivity contribution in [3.8, 4) is 0 Å². The fourth-order valence-electron chi connectivity index (χ4n) is 2.24. The van der Waals surface area contributed by atoms with Crippen molar-refractivity contribution in [3.63, 3.8) is 0 Å². The lowest BCUT2D eigenvalue weighted by Crippen LogP contribution is -2.24. The molecule has 0 radical (unpaired) electrons. The molecule has 0 aliphatic rings. The van der Waals surface area contributed by atoms with Crippen LogP contribution in [0.1, 0.15) is 0 Å². The largest absolute Gasteiger partial charge is 0.549 e. The summed E-state index contributed by atoms with van der Waals surface area (Å²) in [6, 6.07) is 7.05. The Hall–Kier alpha value is -2.61. The van der Waals surface area contributed by atoms with Gasteiger partial charge in [0.05, 0.1) is 16.9 Å². The Morgan fingerprint density at radius 2 is 2.14 bits per heavy atom. The van der Waals surface area contributed by atoms with Crippen molar-refractivity contribution in [1.82, 2.24) is 19.2 Å². The molecule has 112 valence electrons. The molecule has 7 nitrogen and oxygen atoms in total. The maximum absolute atomic E-state index is 12.5. The van der Waals surface area contributed by atoms with Gasteiger partial charge >= 0.3 is 0 Å². The summed E-state index contributed by atoms with van der Waals surface area (Å²) in [6.07, 6.45) is 1.60. The fourth-order valence-corrected chi connectivity index (χ4v) is 2.90. The molecule has 0 N–H and O–H groups in total. The summed E-state index contributed by atoms with van der Waals surface area (Å²) in [5.41, 5.74) is 0.445. The van der Waals surface area contributed by atoms with Crippen LogP contribution in [0.25, 0.3) is 16.7 Å². The van der Waals surface area contributed by atoms with Gasteiger partial charge in [-0.25, -0.2) is 0 Å². The molecular formula is C14H11N4O3S-. The third-order valence-electron chi connectivity index (χ3n) is 3.11. The molecule has 0 saturated carbocycles. The number of benzene rings is 1. The van der Waals surface area contributed by atoms with E-state index in [2.05, 4.69) is 16.8 Å². The Balaban J connectivity index is 2.36. The Kier molecular flexibility index (Phi) is 3.68. The first-order chi connectivity index (χ1) is 10.6. The third-order valence-corrected chi connectivity index (χ3v) is 4.01. The minimum Gasteiger partial charge on any atom is -0.549 e. The van der Waals surface area contributed by atoms with E-state index in [1.807, 2.05) is 0 Å². The number of allylic oxidation sites excluding steroid dienone is 1. The molecule has 0 bridgehead atoms. The van der Waals surface area contributed by atoms with Gasteiger partial charge in [-0.2, -0.15) is 0 Å². The maximum atomic E-state index is 12.5. The predicted octanol–water partition coefficient (Wildman–Crippen LogP) is 0.0722. The summed E-state index contributed by atoms with van der Waals surface area (Å²) in [4.78, 5) is 23.2. The van der Waals surface area contributed by atoms with Crippen LogP contribution in [0.5, 0.6) is 0 Å². The van der Waals surface area contributed by atoms with E-state index >= 15 is 0 Å². The highest BCUT2D eigenvalue weighted by Crippen LogP contribution is 2.21. The van der Waals surface area contributed by atoms with Gasteiger partial charge in [0, 0.05) is 12.3 Å². The van der Waals surface area contributed by atoms with Crippen LogP contribution in [0.4, 0.5) is 0 Å². The number of aromatic nitrogens is 4. The second-order valence-electron chi connectivity index (χ2n) is 4.50. The number of carboxylic acids is 1. The van der Waals surface area contributed by atoms with Gasteiger partial charge in [-0.05, 0) is 12.1 Å². The minimum absolute atomic E-state index is 0.188. The molecule has 0 aliphatic carbocycles. The highest BCUT2D eigenvalue weighted by molar-refractivity contribution is 7.99. The van der Waals surface area contributed by atoms with Gasteiger partial charge < -0.3 is 9.90 Å². The predicted molar refractivity (Wildman–Crippen MR) is 80.7 cm³/mol. The SMILES string of the molecule is C=CCn1c(=O)c2ccccc2n2c(SCC(=O)[O-])nnc12. The van der Waals surface area contributed by atoms with Gasteiger partial charge in [0.15, 0.2) is 5.16 Å². The maximum Gasteiger partial charge on any atom is 0.263 e. The zero-order valence-electron chi connectivity index (χ0n) is 11.4. The molecule has 1 aromatic carbocycles. The first kappa shape index (κ1) is 14.3. The van der Waals surface area contributed by atoms with E-state index in [0.29, 0.717) is 21.8 Å². The topological polar surface area (TPSA) is 92.3 Å². The van der Waals surface area contributed by atoms with Gasteiger partial charge in [0.1, 0.15) is 0 Å². The molecule has 0 saturated heterocycles. The van der Waals surface area contributed by atoms with Crippen molar-refractivity contribution >= 4 is 34.4 Å². The van der Waals surface area contributed by atoms with E-state index in [1.54, 1.807) is 34.7 Å². The molecule has 3 rings (SSSR count). The van der Waals surface area contributed by atoms with E-state index in [9.17, 15) is 14.7 Å². The lowest BCUT2D eigenvalue weighted by atomic mass is 10.2. The third kappa shape index (κ3) is 2.27. The van der Waals surface area contributed by atoms with Crippen molar-refractivity contribution in [3.05, 3.63) is 47.3 Å². The Morgan fingerprint density at radius 1 is 1.36 bits per heavy atom. The van der Waals surface area contributed by atoms with Crippen molar-refractivity contribution in [2.24, 2.45) is 0 Å². The number of thioether (sulfide) groups is 1. The van der Waals surface area contributed by atoms with Gasteiger partial charge in [0.25, 0.3) is 5.56 Å². The van der Waals surface area contributed by atoms with Gasteiger partial charge in [-0.3, -0.25) is 13.8 Å². The zero-order valence-corrected chi connectivity index (χ0v) is 12.2. The fraction of sp³-hybridized carbons (Fsp3) is 0.143. The number of carbonyl (C=O) groups is 1. The normalized spacial score (nSPS) is 11.1. The average molecular weight is 315 g/mol. The van der Waals surface area contributed by atoms with Gasteiger partial charge in [-0.1, -0.05) is 30.0 Å². The number of carbonyl (C=O) groups excluding carboxylic acids is 1. The Morgan fingerprint density at radius 3 is 2.86 bits per heavy atom. The number of fused-ring (bicyclic) bond motifs is 3. The lowest BCUT2D eigenvalue weighted by Gasteiger charge is -2.09. The first-order valence-electron chi connectivity index (χ1n) is 6.43. The van der Waals surface area contributed by atoms with E-state index in [4.69, 9.17) is 0 Å². The number of hydrogen-bond donors (Lipinski definition) is 0. The second-order valence-corrected chi connectivity index (χ2v) is 5.44. The van der Waals surface area contributed by atoms with Crippen LogP contribution in [-0.2, 0) is 11.3 Å². The first-order valence-corrected chi connectivity index (χ1v) is 7.42. The zero-order chi connectivity index (χ0) is 15.7. The summed E-state index contributed by atoms with van der Waals surface area (Å²) in [5, 5.41) is 19.6. The molecule has 22 heavy (non-hydrogen) atoms. The standard InChI is InChI=1S/C14H12N4O3S/c1-2-7-17-12(21)9-5-3-4-6-10(9)18-13(17)15-16-14(18)22-8-11(19)20/h2-6H,1,7-8H2,(H,19,20)/p-1. The highest BCUT2D eigenvalue weighted by Gasteiger charge is 2.15. The quantitative estimate of drug-likeness (QED) is 0.489.